The van der Waals surface area contributed by atoms with Crippen molar-refractivity contribution >= 4 is 40.1 Å². The molecule has 158 valence electrons. The third kappa shape index (κ3) is 4.08. The highest BCUT2D eigenvalue weighted by Gasteiger charge is 2.22. The first-order valence-electron chi connectivity index (χ1n) is 8.80. The van der Waals surface area contributed by atoms with E-state index in [0.717, 1.165) is 0 Å². The van der Waals surface area contributed by atoms with Crippen molar-refractivity contribution in [1.29, 1.82) is 0 Å². The van der Waals surface area contributed by atoms with Gasteiger partial charge in [0.15, 0.2) is 5.43 Å². The molecule has 4 rings (SSSR count). The number of carboxylic acids is 1. The average molecular weight is 440 g/mol. The predicted molar refractivity (Wildman–Crippen MR) is 119 cm³/mol. The standard InChI is InChI=1S/C22H14ClNO6.CH4/c23-10-20(27)24-11-1-4-14(17(7-11)22(28)29)21-15-5-2-12(25)8-18(15)30-19-9-13(26)3-6-16(19)21;/h1-9,25H,10H2,(H,24,27)(H,28,29);1H4. The van der Waals surface area contributed by atoms with Crippen molar-refractivity contribution in [3.8, 4) is 28.2 Å². The lowest BCUT2D eigenvalue weighted by Crippen LogP contribution is -2.13. The smallest absolute Gasteiger partial charge is 0.336 e. The zero-order chi connectivity index (χ0) is 21.4. The summed E-state index contributed by atoms with van der Waals surface area (Å²) in [6.07, 6.45) is 0. The SMILES string of the molecule is C.O=C(CCl)Nc1ccc(-c2c3ccc(=O)cc-3oc3cc(O)ccc23)c(C(=O)O)c1. The fraction of sp³-hybridized carbons (Fsp3) is 0.0870. The molecule has 0 saturated carbocycles. The molecule has 0 atom stereocenters. The van der Waals surface area contributed by atoms with Gasteiger partial charge >= 0.3 is 5.97 Å². The lowest BCUT2D eigenvalue weighted by molar-refractivity contribution is -0.113. The molecular formula is C23H18ClNO6. The van der Waals surface area contributed by atoms with E-state index in [-0.39, 0.29) is 41.5 Å². The molecule has 0 unspecified atom stereocenters. The number of rotatable bonds is 4. The Kier molecular flexibility index (Phi) is 5.99. The van der Waals surface area contributed by atoms with Gasteiger partial charge in [-0.15, -0.1) is 11.6 Å². The number of fused-ring (bicyclic) bond motifs is 2. The number of anilines is 1. The highest BCUT2D eigenvalue weighted by molar-refractivity contribution is 6.29. The van der Waals surface area contributed by atoms with Crippen LogP contribution in [0.1, 0.15) is 17.8 Å². The average Bonchev–Trinajstić information content (AvgIpc) is 2.71. The Morgan fingerprint density at radius 3 is 2.45 bits per heavy atom. The number of hydrogen-bond acceptors (Lipinski definition) is 5. The summed E-state index contributed by atoms with van der Waals surface area (Å²) in [6, 6.07) is 13.2. The topological polar surface area (TPSA) is 117 Å². The number of carbonyl (C=O) groups excluding carboxylic acids is 1. The van der Waals surface area contributed by atoms with Crippen molar-refractivity contribution in [2.75, 3.05) is 11.2 Å². The van der Waals surface area contributed by atoms with Crippen LogP contribution in [0.15, 0.2) is 63.8 Å². The third-order valence-electron chi connectivity index (χ3n) is 4.60. The minimum atomic E-state index is -1.20. The number of benzene rings is 3. The van der Waals surface area contributed by atoms with Gasteiger partial charge in [-0.2, -0.15) is 0 Å². The third-order valence-corrected chi connectivity index (χ3v) is 4.84. The molecular weight excluding hydrogens is 422 g/mol. The molecule has 1 aliphatic carbocycles. The molecule has 0 spiro atoms. The van der Waals surface area contributed by atoms with E-state index >= 15 is 0 Å². The second-order valence-corrected chi connectivity index (χ2v) is 6.83. The van der Waals surface area contributed by atoms with Crippen LogP contribution in [0, 0.1) is 0 Å². The van der Waals surface area contributed by atoms with Gasteiger partial charge < -0.3 is 19.9 Å². The molecule has 1 heterocycles. The second kappa shape index (κ2) is 8.49. The van der Waals surface area contributed by atoms with Gasteiger partial charge in [-0.3, -0.25) is 9.59 Å². The number of aromatic hydroxyl groups is 1. The molecule has 0 bridgehead atoms. The van der Waals surface area contributed by atoms with Crippen molar-refractivity contribution < 1.29 is 24.2 Å². The van der Waals surface area contributed by atoms with Crippen molar-refractivity contribution in [3.05, 3.63) is 70.4 Å². The van der Waals surface area contributed by atoms with Gasteiger partial charge in [-0.05, 0) is 42.0 Å². The second-order valence-electron chi connectivity index (χ2n) is 6.56. The van der Waals surface area contributed by atoms with E-state index in [0.29, 0.717) is 27.7 Å². The van der Waals surface area contributed by atoms with Crippen molar-refractivity contribution in [2.24, 2.45) is 0 Å². The number of halogens is 1. The number of amides is 1. The number of carboxylic acid groups (broad SMARTS) is 1. The molecule has 2 aromatic carbocycles. The van der Waals surface area contributed by atoms with E-state index in [1.807, 2.05) is 0 Å². The number of aromatic carboxylic acids is 1. The van der Waals surface area contributed by atoms with Crippen LogP contribution in [-0.4, -0.2) is 28.0 Å². The van der Waals surface area contributed by atoms with E-state index < -0.39 is 11.9 Å². The number of carbonyl (C=O) groups is 2. The van der Waals surface area contributed by atoms with E-state index in [1.54, 1.807) is 24.3 Å². The maximum Gasteiger partial charge on any atom is 0.336 e. The van der Waals surface area contributed by atoms with Gasteiger partial charge in [-0.25, -0.2) is 4.79 Å². The van der Waals surface area contributed by atoms with Gasteiger partial charge in [0, 0.05) is 34.3 Å². The molecule has 8 heteroatoms. The van der Waals surface area contributed by atoms with Crippen LogP contribution >= 0.6 is 11.6 Å². The quantitative estimate of drug-likeness (QED) is 0.311. The van der Waals surface area contributed by atoms with E-state index in [1.165, 1.54) is 30.3 Å². The summed E-state index contributed by atoms with van der Waals surface area (Å²) in [4.78, 5) is 35.4. The molecule has 1 amide bonds. The fourth-order valence-corrected chi connectivity index (χ4v) is 3.43. The van der Waals surface area contributed by atoms with E-state index in [4.69, 9.17) is 16.0 Å². The normalized spacial score (nSPS) is 10.6. The van der Waals surface area contributed by atoms with Crippen LogP contribution < -0.4 is 10.7 Å². The molecule has 1 aliphatic heterocycles. The van der Waals surface area contributed by atoms with E-state index in [9.17, 15) is 24.6 Å². The molecule has 3 N–H and O–H groups in total. The number of hydrogen-bond donors (Lipinski definition) is 3. The Morgan fingerprint density at radius 1 is 1.00 bits per heavy atom. The lowest BCUT2D eigenvalue weighted by Gasteiger charge is -2.17. The molecule has 0 radical (unpaired) electrons. The Balaban J connectivity index is 0.00000272. The molecule has 2 aromatic rings. The maximum atomic E-state index is 12.0. The summed E-state index contributed by atoms with van der Waals surface area (Å²) < 4.78 is 5.78. The maximum absolute atomic E-state index is 12.0. The minimum absolute atomic E-state index is 0. The Morgan fingerprint density at radius 2 is 1.74 bits per heavy atom. The van der Waals surface area contributed by atoms with Crippen LogP contribution in [0.3, 0.4) is 0 Å². The summed E-state index contributed by atoms with van der Waals surface area (Å²) >= 11 is 5.50. The van der Waals surface area contributed by atoms with Crippen LogP contribution in [0.2, 0.25) is 0 Å². The predicted octanol–water partition coefficient (Wildman–Crippen LogP) is 4.78. The first kappa shape index (κ1) is 21.9. The zero-order valence-electron chi connectivity index (χ0n) is 15.3. The zero-order valence-corrected chi connectivity index (χ0v) is 16.1. The number of phenolic OH excluding ortho intramolecular Hbond substituents is 1. The van der Waals surface area contributed by atoms with Crippen LogP contribution in [0.25, 0.3) is 33.4 Å². The minimum Gasteiger partial charge on any atom is -0.508 e. The summed E-state index contributed by atoms with van der Waals surface area (Å²) in [5.74, 6) is -1.71. The van der Waals surface area contributed by atoms with Gasteiger partial charge in [0.2, 0.25) is 5.91 Å². The van der Waals surface area contributed by atoms with Crippen molar-refractivity contribution in [2.45, 2.75) is 7.43 Å². The molecule has 0 saturated heterocycles. The highest BCUT2D eigenvalue weighted by Crippen LogP contribution is 2.42. The van der Waals surface area contributed by atoms with Gasteiger partial charge in [-0.1, -0.05) is 13.5 Å². The lowest BCUT2D eigenvalue weighted by atomic mass is 9.90. The summed E-state index contributed by atoms with van der Waals surface area (Å²) in [5, 5.41) is 22.7. The van der Waals surface area contributed by atoms with Crippen LogP contribution in [0.5, 0.6) is 5.75 Å². The summed E-state index contributed by atoms with van der Waals surface area (Å²) in [7, 11) is 0. The summed E-state index contributed by atoms with van der Waals surface area (Å²) in [5.41, 5.74) is 1.67. The number of nitrogens with one attached hydrogen (secondary N) is 1. The number of phenols is 1. The Bertz CT molecular complexity index is 1340. The van der Waals surface area contributed by atoms with Gasteiger partial charge in [0.05, 0.1) is 5.56 Å². The van der Waals surface area contributed by atoms with Crippen molar-refractivity contribution in [3.63, 3.8) is 0 Å². The Hall–Kier alpha value is -3.84. The van der Waals surface area contributed by atoms with E-state index in [2.05, 4.69) is 5.32 Å². The first-order chi connectivity index (χ1) is 14.4. The van der Waals surface area contributed by atoms with Gasteiger partial charge in [0.1, 0.15) is 23.0 Å². The summed E-state index contributed by atoms with van der Waals surface area (Å²) in [6.45, 7) is 0. The van der Waals surface area contributed by atoms with Crippen LogP contribution in [-0.2, 0) is 4.79 Å². The molecule has 0 aromatic heterocycles. The largest absolute Gasteiger partial charge is 0.508 e. The first-order valence-corrected chi connectivity index (χ1v) is 9.34. The van der Waals surface area contributed by atoms with Gasteiger partial charge in [0.25, 0.3) is 0 Å². The van der Waals surface area contributed by atoms with Crippen LogP contribution in [0.4, 0.5) is 5.69 Å². The molecule has 0 fully saturated rings. The molecule has 2 aliphatic rings. The Labute approximate surface area is 181 Å². The number of alkyl halides is 1. The fourth-order valence-electron chi connectivity index (χ4n) is 3.36. The monoisotopic (exact) mass is 439 g/mol. The van der Waals surface area contributed by atoms with Crippen molar-refractivity contribution in [1.82, 2.24) is 0 Å². The highest BCUT2D eigenvalue weighted by atomic mass is 35.5. The molecule has 31 heavy (non-hydrogen) atoms. The molecule has 7 nitrogen and oxygen atoms in total.